The molecular formula is C14H17BrN6O2. The minimum absolute atomic E-state index is 0.131. The van der Waals surface area contributed by atoms with Crippen LogP contribution in [0.15, 0.2) is 23.2 Å². The maximum Gasteiger partial charge on any atom is 0.222 e. The molecular weight excluding hydrogens is 364 g/mol. The number of amides is 2. The molecule has 0 aliphatic carbocycles. The van der Waals surface area contributed by atoms with Crippen LogP contribution in [0.25, 0.3) is 0 Å². The van der Waals surface area contributed by atoms with Crippen molar-refractivity contribution in [2.24, 2.45) is 0 Å². The van der Waals surface area contributed by atoms with Gasteiger partial charge in [0.2, 0.25) is 11.8 Å². The number of hydrogen-bond acceptors (Lipinski definition) is 6. The molecule has 0 aliphatic rings. The zero-order valence-electron chi connectivity index (χ0n) is 13.2. The first-order chi connectivity index (χ1) is 10.8. The van der Waals surface area contributed by atoms with Crippen molar-refractivity contribution in [3.63, 3.8) is 0 Å². The Bertz CT molecular complexity index is 707. The van der Waals surface area contributed by atoms with Crippen LogP contribution >= 0.6 is 15.9 Å². The van der Waals surface area contributed by atoms with E-state index in [4.69, 9.17) is 0 Å². The smallest absolute Gasteiger partial charge is 0.222 e. The van der Waals surface area contributed by atoms with Crippen LogP contribution < -0.4 is 10.6 Å². The second kappa shape index (κ2) is 8.89. The Morgan fingerprint density at radius 1 is 0.913 bits per heavy atom. The minimum atomic E-state index is -0.144. The van der Waals surface area contributed by atoms with E-state index < -0.39 is 0 Å². The molecule has 0 bridgehead atoms. The molecule has 2 N–H and O–H groups in total. The van der Waals surface area contributed by atoms with E-state index in [1.807, 2.05) is 0 Å². The van der Waals surface area contributed by atoms with Crippen LogP contribution in [-0.2, 0) is 9.59 Å². The Balaban J connectivity index is 0.000000231. The van der Waals surface area contributed by atoms with Crippen molar-refractivity contribution < 1.29 is 9.59 Å². The van der Waals surface area contributed by atoms with Gasteiger partial charge in [0.1, 0.15) is 4.60 Å². The maximum absolute atomic E-state index is 10.7. The van der Waals surface area contributed by atoms with Crippen LogP contribution in [0.5, 0.6) is 0 Å². The fraction of sp³-hybridized carbons (Fsp3) is 0.286. The fourth-order valence-electron chi connectivity index (χ4n) is 1.44. The largest absolute Gasteiger partial charge is 0.309 e. The van der Waals surface area contributed by atoms with Gasteiger partial charge in [0.15, 0.2) is 11.6 Å². The SMILES string of the molecule is CC(=O)Nc1ncc(Br)nc1C.CC(=O)Nc1nccnc1C. The number of aromatic nitrogens is 4. The number of hydrogen-bond donors (Lipinski definition) is 2. The average Bonchev–Trinajstić information content (AvgIpc) is 2.44. The van der Waals surface area contributed by atoms with Crippen LogP contribution in [-0.4, -0.2) is 31.8 Å². The van der Waals surface area contributed by atoms with Crippen molar-refractivity contribution in [2.45, 2.75) is 27.7 Å². The number of aryl methyl sites for hydroxylation is 2. The fourth-order valence-corrected chi connectivity index (χ4v) is 1.81. The second-order valence-electron chi connectivity index (χ2n) is 4.48. The summed E-state index contributed by atoms with van der Waals surface area (Å²) in [4.78, 5) is 37.2. The number of carbonyl (C=O) groups excluding carboxylic acids is 2. The summed E-state index contributed by atoms with van der Waals surface area (Å²) in [6, 6.07) is 0. The molecule has 0 saturated heterocycles. The van der Waals surface area contributed by atoms with Crippen molar-refractivity contribution >= 4 is 39.4 Å². The van der Waals surface area contributed by atoms with Crippen LogP contribution in [0.2, 0.25) is 0 Å². The van der Waals surface area contributed by atoms with Gasteiger partial charge < -0.3 is 10.6 Å². The van der Waals surface area contributed by atoms with E-state index in [1.54, 1.807) is 20.0 Å². The van der Waals surface area contributed by atoms with Crippen molar-refractivity contribution in [1.29, 1.82) is 0 Å². The minimum Gasteiger partial charge on any atom is -0.309 e. The summed E-state index contributed by atoms with van der Waals surface area (Å²) in [5, 5.41) is 5.13. The molecule has 0 atom stereocenters. The molecule has 2 heterocycles. The number of nitrogens with zero attached hydrogens (tertiary/aromatic N) is 4. The molecule has 2 rings (SSSR count). The van der Waals surface area contributed by atoms with Gasteiger partial charge in [-0.15, -0.1) is 0 Å². The lowest BCUT2D eigenvalue weighted by molar-refractivity contribution is -0.115. The van der Waals surface area contributed by atoms with Gasteiger partial charge >= 0.3 is 0 Å². The highest BCUT2D eigenvalue weighted by molar-refractivity contribution is 9.10. The Kier molecular flexibility index (Phi) is 7.20. The molecule has 122 valence electrons. The van der Waals surface area contributed by atoms with Crippen molar-refractivity contribution in [2.75, 3.05) is 10.6 Å². The van der Waals surface area contributed by atoms with E-state index >= 15 is 0 Å². The number of halogens is 1. The van der Waals surface area contributed by atoms with E-state index in [-0.39, 0.29) is 11.8 Å². The van der Waals surface area contributed by atoms with E-state index in [1.165, 1.54) is 26.2 Å². The lowest BCUT2D eigenvalue weighted by Gasteiger charge is -2.03. The molecule has 8 nitrogen and oxygen atoms in total. The number of anilines is 2. The summed E-state index contributed by atoms with van der Waals surface area (Å²) in [6.07, 6.45) is 4.66. The first-order valence-corrected chi connectivity index (χ1v) is 7.40. The second-order valence-corrected chi connectivity index (χ2v) is 5.29. The van der Waals surface area contributed by atoms with Gasteiger partial charge in [0.05, 0.1) is 17.6 Å². The summed E-state index contributed by atoms with van der Waals surface area (Å²) in [6.45, 7) is 6.44. The van der Waals surface area contributed by atoms with Crippen molar-refractivity contribution in [3.05, 3.63) is 34.6 Å². The van der Waals surface area contributed by atoms with E-state index in [2.05, 4.69) is 46.5 Å². The Morgan fingerprint density at radius 3 is 1.91 bits per heavy atom. The third-order valence-electron chi connectivity index (χ3n) is 2.39. The van der Waals surface area contributed by atoms with Gasteiger partial charge in [-0.25, -0.2) is 15.0 Å². The average molecular weight is 381 g/mol. The molecule has 0 spiro atoms. The molecule has 0 saturated carbocycles. The molecule has 2 aromatic rings. The highest BCUT2D eigenvalue weighted by Gasteiger charge is 2.02. The molecule has 0 unspecified atom stereocenters. The molecule has 0 fully saturated rings. The molecule has 2 aromatic heterocycles. The number of carbonyl (C=O) groups is 2. The summed E-state index contributed by atoms with van der Waals surface area (Å²) in [5.74, 6) is 0.758. The number of nitrogens with one attached hydrogen (secondary N) is 2. The van der Waals surface area contributed by atoms with Gasteiger partial charge in [-0.1, -0.05) is 0 Å². The third-order valence-corrected chi connectivity index (χ3v) is 2.77. The monoisotopic (exact) mass is 380 g/mol. The molecule has 0 aliphatic heterocycles. The van der Waals surface area contributed by atoms with Gasteiger partial charge in [0, 0.05) is 26.2 Å². The maximum atomic E-state index is 10.7. The molecule has 0 radical (unpaired) electrons. The summed E-state index contributed by atoms with van der Waals surface area (Å²) >= 11 is 3.18. The standard InChI is InChI=1S/C7H8BrN3O.C7H9N3O/c1-4-7(11-5(2)12)9-3-6(8)10-4;1-5-7(10-6(2)11)9-4-3-8-5/h3H,1-2H3,(H,9,11,12);3-4H,1-2H3,(H,9,10,11). The molecule has 2 amide bonds. The third kappa shape index (κ3) is 6.92. The normalized spacial score (nSPS) is 9.43. The zero-order valence-corrected chi connectivity index (χ0v) is 14.8. The van der Waals surface area contributed by atoms with Gasteiger partial charge in [0.25, 0.3) is 0 Å². The van der Waals surface area contributed by atoms with Crippen molar-refractivity contribution in [1.82, 2.24) is 19.9 Å². The van der Waals surface area contributed by atoms with Crippen LogP contribution in [0.4, 0.5) is 11.6 Å². The summed E-state index contributed by atoms with van der Waals surface area (Å²) in [7, 11) is 0. The topological polar surface area (TPSA) is 110 Å². The molecule has 9 heteroatoms. The first-order valence-electron chi connectivity index (χ1n) is 6.61. The lowest BCUT2D eigenvalue weighted by Crippen LogP contribution is -2.09. The summed E-state index contributed by atoms with van der Waals surface area (Å²) < 4.78 is 0.661. The van der Waals surface area contributed by atoms with E-state index in [0.717, 1.165) is 5.69 Å². The van der Waals surface area contributed by atoms with E-state index in [9.17, 15) is 9.59 Å². The van der Waals surface area contributed by atoms with Gasteiger partial charge in [-0.2, -0.15) is 0 Å². The zero-order chi connectivity index (χ0) is 17.4. The van der Waals surface area contributed by atoms with E-state index in [0.29, 0.717) is 21.9 Å². The molecule has 23 heavy (non-hydrogen) atoms. The first kappa shape index (κ1) is 18.6. The quantitative estimate of drug-likeness (QED) is 0.826. The summed E-state index contributed by atoms with van der Waals surface area (Å²) in [5.41, 5.74) is 1.42. The number of rotatable bonds is 2. The predicted molar refractivity (Wildman–Crippen MR) is 89.8 cm³/mol. The highest BCUT2D eigenvalue weighted by Crippen LogP contribution is 2.11. The van der Waals surface area contributed by atoms with Gasteiger partial charge in [-0.3, -0.25) is 14.6 Å². The Labute approximate surface area is 142 Å². The molecule has 0 aromatic carbocycles. The predicted octanol–water partition coefficient (Wildman–Crippen LogP) is 2.25. The highest BCUT2D eigenvalue weighted by atomic mass is 79.9. The van der Waals surface area contributed by atoms with Crippen LogP contribution in [0.1, 0.15) is 25.2 Å². The van der Waals surface area contributed by atoms with Crippen LogP contribution in [0, 0.1) is 13.8 Å². The Morgan fingerprint density at radius 2 is 1.43 bits per heavy atom. The van der Waals surface area contributed by atoms with Crippen LogP contribution in [0.3, 0.4) is 0 Å². The Hall–Kier alpha value is -2.42. The van der Waals surface area contributed by atoms with Gasteiger partial charge in [-0.05, 0) is 29.8 Å². The van der Waals surface area contributed by atoms with Crippen molar-refractivity contribution in [3.8, 4) is 0 Å². The lowest BCUT2D eigenvalue weighted by atomic mass is 10.4.